The molecule has 3 aromatic rings. The largest absolute Gasteiger partial charge is 0.465 e. The van der Waals surface area contributed by atoms with E-state index in [1.807, 2.05) is 30.3 Å². The van der Waals surface area contributed by atoms with Gasteiger partial charge in [0.25, 0.3) is 0 Å². The van der Waals surface area contributed by atoms with Gasteiger partial charge < -0.3 is 14.0 Å². The Morgan fingerprint density at radius 3 is 2.50 bits per heavy atom. The highest BCUT2D eigenvalue weighted by molar-refractivity contribution is 5.96. The number of methoxy groups -OCH3 is 2. The van der Waals surface area contributed by atoms with Gasteiger partial charge in [-0.1, -0.05) is 30.3 Å². The first-order valence-corrected chi connectivity index (χ1v) is 7.00. The number of hydrogen-bond acceptors (Lipinski definition) is 3. The molecule has 0 aliphatic heterocycles. The van der Waals surface area contributed by atoms with E-state index in [0.29, 0.717) is 12.3 Å². The van der Waals surface area contributed by atoms with E-state index < -0.39 is 0 Å². The summed E-state index contributed by atoms with van der Waals surface area (Å²) in [6.45, 7) is 0.450. The smallest absolute Gasteiger partial charge is 0.337 e. The molecule has 0 atom stereocenters. The normalized spacial score (nSPS) is 10.8. The molecule has 0 fully saturated rings. The summed E-state index contributed by atoms with van der Waals surface area (Å²) in [7, 11) is 3.06. The van der Waals surface area contributed by atoms with Crippen LogP contribution in [0.2, 0.25) is 0 Å². The van der Waals surface area contributed by atoms with Crippen LogP contribution in [0.25, 0.3) is 22.2 Å². The third kappa shape index (κ3) is 2.49. The number of carbonyl (C=O) groups excluding carboxylic acids is 1. The van der Waals surface area contributed by atoms with Crippen LogP contribution in [0.3, 0.4) is 0 Å². The van der Waals surface area contributed by atoms with Gasteiger partial charge in [0.1, 0.15) is 6.73 Å². The van der Waals surface area contributed by atoms with Crippen LogP contribution in [-0.4, -0.2) is 24.8 Å². The van der Waals surface area contributed by atoms with Crippen LogP contribution in [0.4, 0.5) is 0 Å². The molecule has 112 valence electrons. The molecule has 4 nitrogen and oxygen atoms in total. The Morgan fingerprint density at radius 2 is 1.82 bits per heavy atom. The van der Waals surface area contributed by atoms with Crippen LogP contribution in [-0.2, 0) is 16.2 Å². The van der Waals surface area contributed by atoms with E-state index >= 15 is 0 Å². The molecule has 0 aliphatic rings. The molecule has 0 saturated carbocycles. The Labute approximate surface area is 128 Å². The quantitative estimate of drug-likeness (QED) is 0.689. The van der Waals surface area contributed by atoms with Crippen molar-refractivity contribution in [2.75, 3.05) is 14.2 Å². The van der Waals surface area contributed by atoms with Crippen LogP contribution in [0.5, 0.6) is 0 Å². The molecule has 0 N–H and O–H groups in total. The van der Waals surface area contributed by atoms with Gasteiger partial charge in [-0.15, -0.1) is 0 Å². The van der Waals surface area contributed by atoms with Crippen LogP contribution < -0.4 is 0 Å². The zero-order valence-electron chi connectivity index (χ0n) is 12.6. The highest BCUT2D eigenvalue weighted by atomic mass is 16.5. The lowest BCUT2D eigenvalue weighted by molar-refractivity contribution is 0.0601. The molecule has 0 unspecified atom stereocenters. The van der Waals surface area contributed by atoms with E-state index in [9.17, 15) is 4.79 Å². The average molecular weight is 295 g/mol. The minimum absolute atomic E-state index is 0.331. The van der Waals surface area contributed by atoms with E-state index in [0.717, 1.165) is 22.2 Å². The number of fused-ring (bicyclic) bond motifs is 1. The lowest BCUT2D eigenvalue weighted by atomic mass is 10.1. The zero-order chi connectivity index (χ0) is 15.5. The first kappa shape index (κ1) is 14.4. The molecule has 1 aromatic heterocycles. The summed E-state index contributed by atoms with van der Waals surface area (Å²) in [5, 5.41) is 0.985. The maximum absolute atomic E-state index is 11.7. The van der Waals surface area contributed by atoms with Gasteiger partial charge in [0, 0.05) is 12.5 Å². The fourth-order valence-electron chi connectivity index (χ4n) is 2.63. The van der Waals surface area contributed by atoms with Crippen LogP contribution in [0.15, 0.2) is 54.6 Å². The van der Waals surface area contributed by atoms with E-state index in [1.54, 1.807) is 13.2 Å². The highest BCUT2D eigenvalue weighted by Crippen LogP contribution is 2.29. The highest BCUT2D eigenvalue weighted by Gasteiger charge is 2.13. The first-order chi connectivity index (χ1) is 10.7. The van der Waals surface area contributed by atoms with Gasteiger partial charge in [-0.25, -0.2) is 4.79 Å². The summed E-state index contributed by atoms with van der Waals surface area (Å²) >= 11 is 0. The summed E-state index contributed by atoms with van der Waals surface area (Å²) in [6, 6.07) is 17.7. The number of aromatic nitrogens is 1. The Bertz CT molecular complexity index is 806. The second-order valence-electron chi connectivity index (χ2n) is 5.01. The Balaban J connectivity index is 2.19. The minimum atomic E-state index is -0.331. The van der Waals surface area contributed by atoms with Crippen molar-refractivity contribution in [1.82, 2.24) is 4.57 Å². The number of ether oxygens (including phenoxy) is 2. The van der Waals surface area contributed by atoms with Crippen molar-refractivity contribution in [2.24, 2.45) is 0 Å². The van der Waals surface area contributed by atoms with Crippen LogP contribution in [0, 0.1) is 0 Å². The molecular weight excluding hydrogens is 278 g/mol. The number of benzene rings is 2. The molecular formula is C18H17NO3. The maximum Gasteiger partial charge on any atom is 0.337 e. The zero-order valence-corrected chi connectivity index (χ0v) is 12.6. The van der Waals surface area contributed by atoms with E-state index in [4.69, 9.17) is 9.47 Å². The molecule has 3 rings (SSSR count). The van der Waals surface area contributed by atoms with Gasteiger partial charge in [-0.05, 0) is 29.8 Å². The van der Waals surface area contributed by atoms with Gasteiger partial charge in [0.05, 0.1) is 23.9 Å². The third-order valence-electron chi connectivity index (χ3n) is 3.65. The summed E-state index contributed by atoms with van der Waals surface area (Å²) in [5.41, 5.74) is 3.73. The molecule has 2 aromatic carbocycles. The summed E-state index contributed by atoms with van der Waals surface area (Å²) in [4.78, 5) is 11.7. The van der Waals surface area contributed by atoms with Gasteiger partial charge in [0.2, 0.25) is 0 Å². The molecule has 0 radical (unpaired) electrons. The van der Waals surface area contributed by atoms with Gasteiger partial charge in [-0.3, -0.25) is 0 Å². The van der Waals surface area contributed by atoms with Crippen molar-refractivity contribution in [1.29, 1.82) is 0 Å². The second-order valence-corrected chi connectivity index (χ2v) is 5.01. The van der Waals surface area contributed by atoms with Crippen molar-refractivity contribution < 1.29 is 14.3 Å². The van der Waals surface area contributed by atoms with Crippen LogP contribution >= 0.6 is 0 Å². The SMILES string of the molecule is COCn1c(-c2ccccc2)cc2cc(C(=O)OC)ccc21. The topological polar surface area (TPSA) is 40.5 Å². The molecule has 4 heteroatoms. The fourth-order valence-corrected chi connectivity index (χ4v) is 2.63. The number of carbonyl (C=O) groups is 1. The standard InChI is InChI=1S/C18H17NO3/c1-21-12-19-16-9-8-14(18(20)22-2)10-15(16)11-17(19)13-6-4-3-5-7-13/h3-11H,12H2,1-2H3. The van der Waals surface area contributed by atoms with Crippen molar-refractivity contribution >= 4 is 16.9 Å². The maximum atomic E-state index is 11.7. The van der Waals surface area contributed by atoms with E-state index in [1.165, 1.54) is 7.11 Å². The molecule has 0 bridgehead atoms. The molecule has 0 spiro atoms. The number of esters is 1. The fraction of sp³-hybridized carbons (Fsp3) is 0.167. The lowest BCUT2D eigenvalue weighted by Crippen LogP contribution is -2.03. The molecule has 0 amide bonds. The lowest BCUT2D eigenvalue weighted by Gasteiger charge is -2.09. The van der Waals surface area contributed by atoms with Gasteiger partial charge in [-0.2, -0.15) is 0 Å². The Hall–Kier alpha value is -2.59. The third-order valence-corrected chi connectivity index (χ3v) is 3.65. The molecule has 0 saturated heterocycles. The summed E-state index contributed by atoms with van der Waals surface area (Å²) in [5.74, 6) is -0.331. The number of nitrogens with zero attached hydrogens (tertiary/aromatic N) is 1. The molecule has 0 aliphatic carbocycles. The second kappa shape index (κ2) is 6.03. The van der Waals surface area contributed by atoms with Crippen molar-refractivity contribution in [2.45, 2.75) is 6.73 Å². The van der Waals surface area contributed by atoms with Crippen molar-refractivity contribution in [3.05, 3.63) is 60.2 Å². The Morgan fingerprint density at radius 1 is 1.05 bits per heavy atom. The predicted molar refractivity (Wildman–Crippen MR) is 85.7 cm³/mol. The van der Waals surface area contributed by atoms with Crippen LogP contribution in [0.1, 0.15) is 10.4 Å². The van der Waals surface area contributed by atoms with Crippen molar-refractivity contribution in [3.63, 3.8) is 0 Å². The first-order valence-electron chi connectivity index (χ1n) is 7.00. The number of rotatable bonds is 4. The molecule has 1 heterocycles. The van der Waals surface area contributed by atoms with E-state index in [2.05, 4.69) is 22.8 Å². The van der Waals surface area contributed by atoms with Gasteiger partial charge in [0.15, 0.2) is 0 Å². The van der Waals surface area contributed by atoms with E-state index in [-0.39, 0.29) is 5.97 Å². The predicted octanol–water partition coefficient (Wildman–Crippen LogP) is 3.70. The molecule has 22 heavy (non-hydrogen) atoms. The Kier molecular flexibility index (Phi) is 3.94. The minimum Gasteiger partial charge on any atom is -0.465 e. The summed E-state index contributed by atoms with van der Waals surface area (Å²) < 4.78 is 12.2. The van der Waals surface area contributed by atoms with Crippen molar-refractivity contribution in [3.8, 4) is 11.3 Å². The number of hydrogen-bond donors (Lipinski definition) is 0. The van der Waals surface area contributed by atoms with Gasteiger partial charge >= 0.3 is 5.97 Å². The summed E-state index contributed by atoms with van der Waals surface area (Å²) in [6.07, 6.45) is 0. The average Bonchev–Trinajstić information content (AvgIpc) is 2.93. The monoisotopic (exact) mass is 295 g/mol.